The maximum Gasteiger partial charge on any atom is -0.00259 e. The average molecular weight is 278 g/mol. The van der Waals surface area contributed by atoms with Crippen LogP contribution in [0.2, 0.25) is 0 Å². The molecule has 0 fully saturated rings. The second-order valence-corrected chi connectivity index (χ2v) is 5.84. The van der Waals surface area contributed by atoms with E-state index >= 15 is 0 Å². The summed E-state index contributed by atoms with van der Waals surface area (Å²) in [5.74, 6) is 0. The number of fused-ring (bicyclic) bond motifs is 3. The summed E-state index contributed by atoms with van der Waals surface area (Å²) in [5, 5.41) is 2.72. The fourth-order valence-corrected chi connectivity index (χ4v) is 3.61. The summed E-state index contributed by atoms with van der Waals surface area (Å²) in [6, 6.07) is 30.6. The Labute approximate surface area is 129 Å². The number of benzene rings is 4. The van der Waals surface area contributed by atoms with Crippen molar-refractivity contribution in [1.82, 2.24) is 0 Å². The van der Waals surface area contributed by atoms with Gasteiger partial charge in [0.15, 0.2) is 0 Å². The van der Waals surface area contributed by atoms with Gasteiger partial charge in [-0.25, -0.2) is 0 Å². The maximum atomic E-state index is 2.34. The van der Waals surface area contributed by atoms with Crippen molar-refractivity contribution in [2.24, 2.45) is 0 Å². The first kappa shape index (κ1) is 11.8. The molecule has 0 spiro atoms. The highest BCUT2D eigenvalue weighted by Gasteiger charge is 2.21. The lowest BCUT2D eigenvalue weighted by Gasteiger charge is -2.08. The second-order valence-electron chi connectivity index (χ2n) is 5.84. The molecule has 0 saturated carbocycles. The maximum absolute atomic E-state index is 2.34. The Hall–Kier alpha value is -2.86. The van der Waals surface area contributed by atoms with Gasteiger partial charge in [0.05, 0.1) is 0 Å². The summed E-state index contributed by atoms with van der Waals surface area (Å²) in [7, 11) is 0. The van der Waals surface area contributed by atoms with Crippen molar-refractivity contribution in [3.63, 3.8) is 0 Å². The van der Waals surface area contributed by atoms with Crippen LogP contribution in [0.15, 0.2) is 84.9 Å². The van der Waals surface area contributed by atoms with E-state index in [0.29, 0.717) is 0 Å². The van der Waals surface area contributed by atoms with Crippen LogP contribution in [0.25, 0.3) is 44.2 Å². The van der Waals surface area contributed by atoms with Gasteiger partial charge in [-0.2, -0.15) is 0 Å². The summed E-state index contributed by atoms with van der Waals surface area (Å²) in [4.78, 5) is 0. The van der Waals surface area contributed by atoms with E-state index in [1.165, 1.54) is 44.2 Å². The molecule has 102 valence electrons. The molecule has 1 aliphatic carbocycles. The van der Waals surface area contributed by atoms with Crippen molar-refractivity contribution < 1.29 is 0 Å². The van der Waals surface area contributed by atoms with Gasteiger partial charge < -0.3 is 0 Å². The van der Waals surface area contributed by atoms with Crippen LogP contribution in [0.3, 0.4) is 0 Å². The molecule has 0 atom stereocenters. The van der Waals surface area contributed by atoms with E-state index in [2.05, 4.69) is 84.9 Å². The van der Waals surface area contributed by atoms with E-state index in [1.54, 1.807) is 0 Å². The summed E-state index contributed by atoms with van der Waals surface area (Å²) in [6.45, 7) is 0. The number of hydrogen-bond acceptors (Lipinski definition) is 0. The monoisotopic (exact) mass is 278 g/mol. The van der Waals surface area contributed by atoms with Crippen LogP contribution in [-0.4, -0.2) is 0 Å². The van der Waals surface area contributed by atoms with Gasteiger partial charge in [0.2, 0.25) is 0 Å². The third-order valence-electron chi connectivity index (χ3n) is 4.59. The van der Waals surface area contributed by atoms with Crippen molar-refractivity contribution >= 4 is 10.8 Å². The Bertz CT molecular complexity index is 1010. The number of hydrogen-bond donors (Lipinski definition) is 0. The molecule has 0 radical (unpaired) electrons. The van der Waals surface area contributed by atoms with Crippen LogP contribution < -0.4 is 0 Å². The highest BCUT2D eigenvalue weighted by molar-refractivity contribution is 6.16. The molecule has 0 aliphatic heterocycles. The molecule has 0 nitrogen and oxygen atoms in total. The minimum atomic E-state index is 1.27. The lowest BCUT2D eigenvalue weighted by Crippen LogP contribution is -1.81. The van der Waals surface area contributed by atoms with Gasteiger partial charge >= 0.3 is 0 Å². The summed E-state index contributed by atoms with van der Waals surface area (Å²) in [5.41, 5.74) is 8.00. The lowest BCUT2D eigenvalue weighted by atomic mass is 9.96. The highest BCUT2D eigenvalue weighted by Crippen LogP contribution is 2.48. The van der Waals surface area contributed by atoms with Crippen LogP contribution in [0, 0.1) is 0 Å². The highest BCUT2D eigenvalue weighted by atomic mass is 14.2. The van der Waals surface area contributed by atoms with Crippen LogP contribution >= 0.6 is 0 Å². The predicted octanol–water partition coefficient (Wildman–Crippen LogP) is 6.15. The smallest absolute Gasteiger partial charge is 0.00259 e. The third kappa shape index (κ3) is 1.52. The van der Waals surface area contributed by atoms with E-state index in [0.717, 1.165) is 0 Å². The second kappa shape index (κ2) is 4.32. The Morgan fingerprint density at radius 3 is 1.91 bits per heavy atom. The van der Waals surface area contributed by atoms with Gasteiger partial charge in [-0.1, -0.05) is 72.8 Å². The van der Waals surface area contributed by atoms with Crippen LogP contribution in [-0.2, 0) is 0 Å². The van der Waals surface area contributed by atoms with Gasteiger partial charge in [0.1, 0.15) is 0 Å². The molecule has 0 heterocycles. The Morgan fingerprint density at radius 2 is 1.09 bits per heavy atom. The summed E-state index contributed by atoms with van der Waals surface area (Å²) < 4.78 is 0. The Balaban J connectivity index is 1.90. The molecule has 1 aliphatic rings. The van der Waals surface area contributed by atoms with E-state index in [1.807, 2.05) is 0 Å². The van der Waals surface area contributed by atoms with Crippen molar-refractivity contribution in [2.75, 3.05) is 0 Å². The summed E-state index contributed by atoms with van der Waals surface area (Å²) >= 11 is 0. The largest absolute Gasteiger partial charge is 0.0622 e. The first-order chi connectivity index (χ1) is 10.9. The Morgan fingerprint density at radius 1 is 0.409 bits per heavy atom. The van der Waals surface area contributed by atoms with Gasteiger partial charge in [0, 0.05) is 0 Å². The fraction of sp³-hybridized carbons (Fsp3) is 0. The molecule has 0 N–H and O–H groups in total. The zero-order chi connectivity index (χ0) is 14.5. The summed E-state index contributed by atoms with van der Waals surface area (Å²) in [6.07, 6.45) is 0. The first-order valence-electron chi connectivity index (χ1n) is 7.64. The number of rotatable bonds is 1. The molecule has 0 bridgehead atoms. The topological polar surface area (TPSA) is 0 Å². The molecule has 0 unspecified atom stereocenters. The quantitative estimate of drug-likeness (QED) is 0.345. The molecule has 0 amide bonds. The normalized spacial score (nSPS) is 11.6. The van der Waals surface area contributed by atoms with E-state index in [4.69, 9.17) is 0 Å². The molecule has 4 aromatic carbocycles. The Kier molecular flexibility index (Phi) is 2.31. The molecule has 0 aromatic heterocycles. The standard InChI is InChI=1S/C22H14/c1-2-7-15(8-3-1)17-13-16-9-6-12-20-18-10-4-5-11-19(18)21(14-17)22(16)20/h1-14H. The molecule has 22 heavy (non-hydrogen) atoms. The SMILES string of the molecule is c1ccc(-c2cc3c4c(cccc4c2)-c2ccccc2-3)cc1. The van der Waals surface area contributed by atoms with Gasteiger partial charge in [-0.05, 0) is 56.3 Å². The van der Waals surface area contributed by atoms with E-state index < -0.39 is 0 Å². The molecular formula is C22H14. The van der Waals surface area contributed by atoms with E-state index in [-0.39, 0.29) is 0 Å². The molecular weight excluding hydrogens is 264 g/mol. The molecule has 0 saturated heterocycles. The molecule has 5 rings (SSSR count). The minimum absolute atomic E-state index is 1.27. The van der Waals surface area contributed by atoms with Crippen molar-refractivity contribution in [2.45, 2.75) is 0 Å². The lowest BCUT2D eigenvalue weighted by molar-refractivity contribution is 1.64. The first-order valence-corrected chi connectivity index (χ1v) is 7.64. The van der Waals surface area contributed by atoms with Gasteiger partial charge in [0.25, 0.3) is 0 Å². The minimum Gasteiger partial charge on any atom is -0.0622 e. The molecule has 4 aromatic rings. The van der Waals surface area contributed by atoms with Crippen molar-refractivity contribution in [1.29, 1.82) is 0 Å². The fourth-order valence-electron chi connectivity index (χ4n) is 3.61. The van der Waals surface area contributed by atoms with Crippen molar-refractivity contribution in [3.05, 3.63) is 84.9 Å². The average Bonchev–Trinajstić information content (AvgIpc) is 2.92. The van der Waals surface area contributed by atoms with E-state index in [9.17, 15) is 0 Å². The van der Waals surface area contributed by atoms with Crippen LogP contribution in [0.5, 0.6) is 0 Å². The van der Waals surface area contributed by atoms with Crippen LogP contribution in [0.1, 0.15) is 0 Å². The third-order valence-corrected chi connectivity index (χ3v) is 4.59. The zero-order valence-electron chi connectivity index (χ0n) is 12.1. The van der Waals surface area contributed by atoms with Gasteiger partial charge in [-0.3, -0.25) is 0 Å². The van der Waals surface area contributed by atoms with Crippen LogP contribution in [0.4, 0.5) is 0 Å². The predicted molar refractivity (Wildman–Crippen MR) is 93.8 cm³/mol. The van der Waals surface area contributed by atoms with Crippen molar-refractivity contribution in [3.8, 4) is 33.4 Å². The molecule has 0 heteroatoms. The van der Waals surface area contributed by atoms with Gasteiger partial charge in [-0.15, -0.1) is 0 Å². The zero-order valence-corrected chi connectivity index (χ0v) is 12.1.